The van der Waals surface area contributed by atoms with Crippen molar-refractivity contribution in [1.82, 2.24) is 19.3 Å². The molecule has 0 saturated heterocycles. The zero-order chi connectivity index (χ0) is 17.4. The third kappa shape index (κ3) is 2.65. The summed E-state index contributed by atoms with van der Waals surface area (Å²) in [6, 6.07) is 15.9. The van der Waals surface area contributed by atoms with E-state index in [2.05, 4.69) is 21.3 Å². The molecule has 0 bridgehead atoms. The molecule has 3 aromatic heterocycles. The van der Waals surface area contributed by atoms with Crippen LogP contribution in [-0.4, -0.2) is 46.5 Å². The first-order valence-electron chi connectivity index (χ1n) is 8.17. The van der Waals surface area contributed by atoms with Crippen LogP contribution in [0.2, 0.25) is 0 Å². The van der Waals surface area contributed by atoms with Crippen LogP contribution >= 0.6 is 0 Å². The van der Waals surface area contributed by atoms with E-state index in [1.165, 1.54) is 0 Å². The van der Waals surface area contributed by atoms with Crippen LogP contribution in [0.4, 0.5) is 5.82 Å². The average molecular weight is 330 g/mol. The number of imidazole rings is 1. The maximum Gasteiger partial charge on any atom is 0.157 e. The SMILES string of the molecule is CN(C)CCNc1ccc2cc(C#N)c3nc4ccccc4n3c2n1. The van der Waals surface area contributed by atoms with E-state index >= 15 is 0 Å². The number of aromatic nitrogens is 3. The Hall–Kier alpha value is -3.17. The van der Waals surface area contributed by atoms with Gasteiger partial charge in [-0.1, -0.05) is 12.1 Å². The molecule has 1 aromatic carbocycles. The molecule has 124 valence electrons. The number of benzene rings is 1. The van der Waals surface area contributed by atoms with Gasteiger partial charge in [0.15, 0.2) is 5.65 Å². The van der Waals surface area contributed by atoms with E-state index in [1.807, 2.05) is 61.0 Å². The molecule has 0 radical (unpaired) electrons. The topological polar surface area (TPSA) is 69.2 Å². The number of para-hydroxylation sites is 2. The third-order valence-corrected chi connectivity index (χ3v) is 4.20. The Labute approximate surface area is 145 Å². The van der Waals surface area contributed by atoms with Crippen LogP contribution in [0.25, 0.3) is 27.7 Å². The molecule has 0 aliphatic carbocycles. The lowest BCUT2D eigenvalue weighted by molar-refractivity contribution is 0.425. The van der Waals surface area contributed by atoms with Gasteiger partial charge in [0, 0.05) is 18.5 Å². The summed E-state index contributed by atoms with van der Waals surface area (Å²) in [6.45, 7) is 1.74. The number of nitrogens with zero attached hydrogens (tertiary/aromatic N) is 5. The summed E-state index contributed by atoms with van der Waals surface area (Å²) in [6.07, 6.45) is 0. The van der Waals surface area contributed by atoms with Crippen molar-refractivity contribution >= 4 is 33.5 Å². The van der Waals surface area contributed by atoms with Crippen LogP contribution in [0.3, 0.4) is 0 Å². The molecule has 4 aromatic rings. The molecule has 0 aliphatic heterocycles. The fraction of sp³-hybridized carbons (Fsp3) is 0.211. The third-order valence-electron chi connectivity index (χ3n) is 4.20. The highest BCUT2D eigenvalue weighted by Gasteiger charge is 2.13. The normalized spacial score (nSPS) is 11.4. The van der Waals surface area contributed by atoms with Crippen LogP contribution in [0, 0.1) is 11.3 Å². The minimum Gasteiger partial charge on any atom is -0.369 e. The molecule has 25 heavy (non-hydrogen) atoms. The number of anilines is 1. The molecule has 3 heterocycles. The summed E-state index contributed by atoms with van der Waals surface area (Å²) in [7, 11) is 4.08. The Balaban J connectivity index is 1.94. The van der Waals surface area contributed by atoms with Crippen molar-refractivity contribution in [3.05, 3.63) is 48.0 Å². The highest BCUT2D eigenvalue weighted by molar-refractivity contribution is 5.91. The Morgan fingerprint density at radius 2 is 1.96 bits per heavy atom. The van der Waals surface area contributed by atoms with Gasteiger partial charge < -0.3 is 10.2 Å². The Kier molecular flexibility index (Phi) is 3.71. The molecule has 0 unspecified atom stereocenters. The molecule has 6 nitrogen and oxygen atoms in total. The predicted molar refractivity (Wildman–Crippen MR) is 99.8 cm³/mol. The number of nitriles is 1. The highest BCUT2D eigenvalue weighted by atomic mass is 15.1. The fourth-order valence-electron chi connectivity index (χ4n) is 2.98. The highest BCUT2D eigenvalue weighted by Crippen LogP contribution is 2.25. The zero-order valence-electron chi connectivity index (χ0n) is 14.2. The molecule has 0 saturated carbocycles. The Morgan fingerprint density at radius 1 is 1.12 bits per heavy atom. The lowest BCUT2D eigenvalue weighted by atomic mass is 10.2. The molecule has 4 rings (SSSR count). The van der Waals surface area contributed by atoms with Crippen molar-refractivity contribution in [2.75, 3.05) is 32.5 Å². The van der Waals surface area contributed by atoms with E-state index in [0.29, 0.717) is 11.2 Å². The van der Waals surface area contributed by atoms with Gasteiger partial charge in [-0.25, -0.2) is 9.97 Å². The zero-order valence-corrected chi connectivity index (χ0v) is 14.2. The minimum atomic E-state index is 0.554. The Bertz CT molecular complexity index is 1120. The number of pyridine rings is 2. The molecule has 6 heteroatoms. The van der Waals surface area contributed by atoms with Gasteiger partial charge in [0.1, 0.15) is 17.5 Å². The van der Waals surface area contributed by atoms with Crippen LogP contribution in [0.15, 0.2) is 42.5 Å². The number of rotatable bonds is 4. The summed E-state index contributed by atoms with van der Waals surface area (Å²) in [5.41, 5.74) is 3.82. The van der Waals surface area contributed by atoms with E-state index < -0.39 is 0 Å². The van der Waals surface area contributed by atoms with Crippen LogP contribution < -0.4 is 5.32 Å². The molecule has 0 amide bonds. The smallest absolute Gasteiger partial charge is 0.157 e. The first-order valence-corrected chi connectivity index (χ1v) is 8.17. The summed E-state index contributed by atoms with van der Waals surface area (Å²) >= 11 is 0. The molecule has 0 aliphatic rings. The molecular formula is C19H18N6. The first kappa shape index (κ1) is 15.4. The number of nitrogens with one attached hydrogen (secondary N) is 1. The molecular weight excluding hydrogens is 312 g/mol. The summed E-state index contributed by atoms with van der Waals surface area (Å²) in [4.78, 5) is 11.5. The minimum absolute atomic E-state index is 0.554. The fourth-order valence-corrected chi connectivity index (χ4v) is 2.98. The quantitative estimate of drug-likeness (QED) is 0.623. The van der Waals surface area contributed by atoms with E-state index in [0.717, 1.165) is 41.0 Å². The van der Waals surface area contributed by atoms with Gasteiger partial charge in [-0.05, 0) is 44.4 Å². The van der Waals surface area contributed by atoms with Gasteiger partial charge in [0.25, 0.3) is 0 Å². The molecule has 0 atom stereocenters. The van der Waals surface area contributed by atoms with E-state index in [-0.39, 0.29) is 0 Å². The molecule has 1 N–H and O–H groups in total. The summed E-state index contributed by atoms with van der Waals surface area (Å²) in [5, 5.41) is 13.8. The van der Waals surface area contributed by atoms with Crippen molar-refractivity contribution in [1.29, 1.82) is 5.26 Å². The molecule has 0 spiro atoms. The van der Waals surface area contributed by atoms with Crippen molar-refractivity contribution in [3.8, 4) is 6.07 Å². The second-order valence-corrected chi connectivity index (χ2v) is 6.27. The average Bonchev–Trinajstić information content (AvgIpc) is 3.00. The van der Waals surface area contributed by atoms with Crippen LogP contribution in [0.5, 0.6) is 0 Å². The Morgan fingerprint density at radius 3 is 2.76 bits per heavy atom. The molecule has 0 fully saturated rings. The van der Waals surface area contributed by atoms with Crippen LogP contribution in [0.1, 0.15) is 5.56 Å². The number of hydrogen-bond donors (Lipinski definition) is 1. The van der Waals surface area contributed by atoms with Crippen molar-refractivity contribution in [2.24, 2.45) is 0 Å². The maximum absolute atomic E-state index is 9.50. The monoisotopic (exact) mass is 330 g/mol. The van der Waals surface area contributed by atoms with Gasteiger partial charge in [-0.2, -0.15) is 5.26 Å². The first-order chi connectivity index (χ1) is 12.2. The van der Waals surface area contributed by atoms with Crippen molar-refractivity contribution < 1.29 is 0 Å². The lowest BCUT2D eigenvalue weighted by Crippen LogP contribution is -2.21. The maximum atomic E-state index is 9.50. The van der Waals surface area contributed by atoms with Gasteiger partial charge in [-0.3, -0.25) is 4.40 Å². The van der Waals surface area contributed by atoms with E-state index in [1.54, 1.807) is 0 Å². The summed E-state index contributed by atoms with van der Waals surface area (Å²) < 4.78 is 1.97. The largest absolute Gasteiger partial charge is 0.369 e. The van der Waals surface area contributed by atoms with Crippen molar-refractivity contribution in [3.63, 3.8) is 0 Å². The second-order valence-electron chi connectivity index (χ2n) is 6.27. The standard InChI is InChI=1S/C19H18N6/c1-24(2)10-9-21-17-8-7-13-11-14(12-20)19-22-15-5-3-4-6-16(15)25(19)18(13)23-17/h3-8,11H,9-10H2,1-2H3,(H,21,23). The number of likely N-dealkylation sites (N-methyl/N-ethyl adjacent to an activating group) is 1. The van der Waals surface area contributed by atoms with Crippen molar-refractivity contribution in [2.45, 2.75) is 0 Å². The van der Waals surface area contributed by atoms with E-state index in [9.17, 15) is 5.26 Å². The van der Waals surface area contributed by atoms with Gasteiger partial charge in [0.2, 0.25) is 0 Å². The predicted octanol–water partition coefficient (Wildman–Crippen LogP) is 2.88. The lowest BCUT2D eigenvalue weighted by Gasteiger charge is -2.12. The van der Waals surface area contributed by atoms with Crippen LogP contribution in [-0.2, 0) is 0 Å². The van der Waals surface area contributed by atoms with Gasteiger partial charge >= 0.3 is 0 Å². The number of fused-ring (bicyclic) bond motifs is 5. The van der Waals surface area contributed by atoms with E-state index in [4.69, 9.17) is 4.98 Å². The second kappa shape index (κ2) is 6.04. The van der Waals surface area contributed by atoms with Gasteiger partial charge in [-0.15, -0.1) is 0 Å². The van der Waals surface area contributed by atoms with Gasteiger partial charge in [0.05, 0.1) is 16.6 Å². The summed E-state index contributed by atoms with van der Waals surface area (Å²) in [5.74, 6) is 0.818. The number of hydrogen-bond acceptors (Lipinski definition) is 5.